The quantitative estimate of drug-likeness (QED) is 0.611. The van der Waals surface area contributed by atoms with Gasteiger partial charge in [-0.3, -0.25) is 4.79 Å². The van der Waals surface area contributed by atoms with Crippen molar-refractivity contribution in [2.24, 2.45) is 0 Å². The number of fused-ring (bicyclic) bond motifs is 2. The second-order valence-corrected chi connectivity index (χ2v) is 7.33. The largest absolute Gasteiger partial charge is 1.00 e. The molecule has 0 spiro atoms. The minimum atomic E-state index is -0.793. The van der Waals surface area contributed by atoms with Gasteiger partial charge in [-0.05, 0) is 48.1 Å². The minimum Gasteiger partial charge on any atom is -0.850 e. The maximum absolute atomic E-state index is 12.4. The zero-order valence-electron chi connectivity index (χ0n) is 15.0. The third kappa shape index (κ3) is 4.17. The van der Waals surface area contributed by atoms with Gasteiger partial charge >= 0.3 is 58.2 Å². The summed E-state index contributed by atoms with van der Waals surface area (Å²) in [5.41, 5.74) is 5.35. The van der Waals surface area contributed by atoms with E-state index in [1.54, 1.807) is 0 Å². The standard InChI is InChI=1S/C21H22NO2.Rb/c1-21(24)10-8-16-13-22(20-12-19(20)18(16)9-11-21)17-6-2-4-15(14-23)5-3-7-17;/h2-7,13-14,20H,8-12H2,1H3;/q-1;+1/b4-2-,5-3?,6-2?,7-3-,15-4?,15-5+,17-6+,17-7?;/t20-,21?;/m0./s1. The second kappa shape index (κ2) is 7.73. The summed E-state index contributed by atoms with van der Waals surface area (Å²) in [4.78, 5) is 13.2. The first-order valence-corrected chi connectivity index (χ1v) is 8.71. The van der Waals surface area contributed by atoms with E-state index in [1.807, 2.05) is 31.2 Å². The monoisotopic (exact) mass is 405 g/mol. The zero-order chi connectivity index (χ0) is 16.7. The molecule has 124 valence electrons. The molecule has 0 aromatic carbocycles. The van der Waals surface area contributed by atoms with E-state index in [9.17, 15) is 9.90 Å². The summed E-state index contributed by atoms with van der Waals surface area (Å²) in [5, 5.41) is 12.4. The van der Waals surface area contributed by atoms with Gasteiger partial charge in [0.05, 0.1) is 6.04 Å². The molecule has 2 saturated carbocycles. The molecule has 1 unspecified atom stereocenters. The van der Waals surface area contributed by atoms with Crippen LogP contribution in [0.3, 0.4) is 0 Å². The van der Waals surface area contributed by atoms with Crippen molar-refractivity contribution >= 4 is 6.29 Å². The summed E-state index contributed by atoms with van der Waals surface area (Å²) in [5.74, 6) is 0. The maximum Gasteiger partial charge on any atom is 1.00 e. The number of hydrogen-bond donors (Lipinski definition) is 0. The van der Waals surface area contributed by atoms with Crippen LogP contribution in [-0.2, 0) is 4.79 Å². The molecule has 0 aromatic heterocycles. The second-order valence-electron chi connectivity index (χ2n) is 7.33. The number of hydrogen-bond acceptors (Lipinski definition) is 3. The van der Waals surface area contributed by atoms with E-state index >= 15 is 0 Å². The molecule has 1 aliphatic heterocycles. The van der Waals surface area contributed by atoms with E-state index in [2.05, 4.69) is 23.3 Å². The van der Waals surface area contributed by atoms with Crippen LogP contribution in [0, 0.1) is 0 Å². The Morgan fingerprint density at radius 2 is 1.96 bits per heavy atom. The molecule has 0 radical (unpaired) electrons. The first-order chi connectivity index (χ1) is 11.6. The molecule has 3 nitrogen and oxygen atoms in total. The molecule has 25 heavy (non-hydrogen) atoms. The minimum absolute atomic E-state index is 0. The average Bonchev–Trinajstić information content (AvgIpc) is 3.32. The van der Waals surface area contributed by atoms with Crippen molar-refractivity contribution in [2.75, 3.05) is 0 Å². The Balaban J connectivity index is 0.00000182. The molecule has 0 bridgehead atoms. The number of carbonyl (C=O) groups is 1. The van der Waals surface area contributed by atoms with Crippen LogP contribution in [0.5, 0.6) is 0 Å². The SMILES string of the molecule is CC1([O-])CCC2=CN(C3=C/C=C\C(C=O)=C/C=C\3)[C@H]3CC3=C2CC1.[Rb+]. The molecular weight excluding hydrogens is 384 g/mol. The Bertz CT molecular complexity index is 765. The number of nitrogens with zero attached hydrogens (tertiary/aromatic N) is 1. The third-order valence-electron chi connectivity index (χ3n) is 5.43. The maximum atomic E-state index is 12.4. The number of carbonyl (C=O) groups excluding carboxylic acids is 1. The molecule has 0 saturated heterocycles. The van der Waals surface area contributed by atoms with E-state index < -0.39 is 5.60 Å². The molecule has 3 aliphatic carbocycles. The molecule has 0 aromatic rings. The van der Waals surface area contributed by atoms with Gasteiger partial charge in [0.2, 0.25) is 0 Å². The van der Waals surface area contributed by atoms with Crippen molar-refractivity contribution in [2.45, 2.75) is 50.7 Å². The van der Waals surface area contributed by atoms with Crippen LogP contribution in [0.25, 0.3) is 0 Å². The fraction of sp³-hybridized carbons (Fsp3) is 0.381. The normalized spacial score (nSPS) is 37.3. The van der Waals surface area contributed by atoms with Crippen molar-refractivity contribution in [1.29, 1.82) is 0 Å². The molecule has 2 fully saturated rings. The van der Waals surface area contributed by atoms with Gasteiger partial charge in [-0.2, -0.15) is 0 Å². The molecule has 1 heterocycles. The van der Waals surface area contributed by atoms with E-state index in [1.165, 1.54) is 16.7 Å². The molecular formula is C21H22NO2Rb. The van der Waals surface area contributed by atoms with Crippen LogP contribution in [-0.4, -0.2) is 22.8 Å². The van der Waals surface area contributed by atoms with Crippen molar-refractivity contribution < 1.29 is 68.1 Å². The van der Waals surface area contributed by atoms with Gasteiger partial charge in [0, 0.05) is 17.5 Å². The fourth-order valence-corrected chi connectivity index (χ4v) is 3.86. The third-order valence-corrected chi connectivity index (χ3v) is 5.43. The Labute approximate surface area is 198 Å². The Morgan fingerprint density at radius 3 is 2.76 bits per heavy atom. The van der Waals surface area contributed by atoms with Crippen LogP contribution in [0.4, 0.5) is 0 Å². The van der Waals surface area contributed by atoms with E-state index in [0.29, 0.717) is 18.0 Å². The predicted octanol–water partition coefficient (Wildman–Crippen LogP) is 0.0870. The van der Waals surface area contributed by atoms with Gasteiger partial charge in [-0.25, -0.2) is 0 Å². The predicted molar refractivity (Wildman–Crippen MR) is 92.7 cm³/mol. The van der Waals surface area contributed by atoms with Crippen LogP contribution in [0.2, 0.25) is 0 Å². The zero-order valence-corrected chi connectivity index (χ0v) is 19.9. The van der Waals surface area contributed by atoms with Gasteiger partial charge in [-0.1, -0.05) is 44.1 Å². The summed E-state index contributed by atoms with van der Waals surface area (Å²) in [6, 6.07) is 0.456. The first kappa shape index (κ1) is 19.4. The average molecular weight is 406 g/mol. The van der Waals surface area contributed by atoms with Crippen molar-refractivity contribution in [1.82, 2.24) is 4.90 Å². The summed E-state index contributed by atoms with van der Waals surface area (Å²) in [6.45, 7) is 1.85. The molecule has 4 aliphatic rings. The first-order valence-electron chi connectivity index (χ1n) is 8.71. The molecule has 0 amide bonds. The molecule has 2 atom stereocenters. The van der Waals surface area contributed by atoms with Crippen LogP contribution >= 0.6 is 0 Å². The van der Waals surface area contributed by atoms with Gasteiger partial charge in [0.25, 0.3) is 0 Å². The van der Waals surface area contributed by atoms with Crippen molar-refractivity contribution in [3.8, 4) is 0 Å². The van der Waals surface area contributed by atoms with Gasteiger partial charge in [-0.15, -0.1) is 5.60 Å². The summed E-state index contributed by atoms with van der Waals surface area (Å²) < 4.78 is 0. The Kier molecular flexibility index (Phi) is 6.01. The van der Waals surface area contributed by atoms with E-state index in [0.717, 1.165) is 37.7 Å². The number of rotatable bonds is 2. The van der Waals surface area contributed by atoms with Crippen LogP contribution in [0.1, 0.15) is 39.0 Å². The van der Waals surface area contributed by atoms with Crippen LogP contribution < -0.4 is 63.3 Å². The fourth-order valence-electron chi connectivity index (χ4n) is 3.86. The smallest absolute Gasteiger partial charge is 0.850 e. The number of allylic oxidation sites excluding steroid dienone is 9. The molecule has 4 heteroatoms. The van der Waals surface area contributed by atoms with Crippen molar-refractivity contribution in [3.63, 3.8) is 0 Å². The topological polar surface area (TPSA) is 43.4 Å². The van der Waals surface area contributed by atoms with Crippen molar-refractivity contribution in [3.05, 3.63) is 70.6 Å². The number of aldehydes is 1. The summed E-state index contributed by atoms with van der Waals surface area (Å²) in [6.07, 6.45) is 19.1. The van der Waals surface area contributed by atoms with Crippen LogP contribution in [0.15, 0.2) is 70.6 Å². The molecule has 0 N–H and O–H groups in total. The summed E-state index contributed by atoms with van der Waals surface area (Å²) >= 11 is 0. The Morgan fingerprint density at radius 1 is 1.20 bits per heavy atom. The van der Waals surface area contributed by atoms with Gasteiger partial charge in [0.1, 0.15) is 6.29 Å². The van der Waals surface area contributed by atoms with Gasteiger partial charge in [0.15, 0.2) is 0 Å². The summed E-state index contributed by atoms with van der Waals surface area (Å²) in [7, 11) is 0. The van der Waals surface area contributed by atoms with E-state index in [-0.39, 0.29) is 58.2 Å². The van der Waals surface area contributed by atoms with Gasteiger partial charge < -0.3 is 10.0 Å². The van der Waals surface area contributed by atoms with E-state index in [4.69, 9.17) is 0 Å². The molecule has 4 rings (SSSR count). The Hall–Kier alpha value is -0.325.